The predicted octanol–water partition coefficient (Wildman–Crippen LogP) is 8.08. The number of benzene rings is 4. The lowest BCUT2D eigenvalue weighted by molar-refractivity contribution is 0.468. The second-order valence-electron chi connectivity index (χ2n) is 11.3. The zero-order chi connectivity index (χ0) is 28.4. The van der Waals surface area contributed by atoms with Crippen LogP contribution in [0.25, 0.3) is 0 Å². The first-order chi connectivity index (χ1) is 17.6. The van der Waals surface area contributed by atoms with Crippen LogP contribution in [0.2, 0.25) is 0 Å². The van der Waals surface area contributed by atoms with Crippen molar-refractivity contribution in [3.8, 4) is 23.0 Å². The molecule has 0 saturated carbocycles. The van der Waals surface area contributed by atoms with E-state index >= 15 is 0 Å². The van der Waals surface area contributed by atoms with E-state index in [1.165, 1.54) is 0 Å². The van der Waals surface area contributed by atoms with E-state index in [-0.39, 0.29) is 10.8 Å². The van der Waals surface area contributed by atoms with E-state index in [4.69, 9.17) is 0 Å². The quantitative estimate of drug-likeness (QED) is 0.223. The molecule has 0 aliphatic carbocycles. The molecule has 200 valence electrons. The molecular weight excluding hydrogens is 472 g/mol. The first-order valence-electron chi connectivity index (χ1n) is 12.8. The Labute approximate surface area is 226 Å². The van der Waals surface area contributed by atoms with Crippen molar-refractivity contribution in [1.29, 1.82) is 0 Å². The highest BCUT2D eigenvalue weighted by molar-refractivity contribution is 5.47. The normalized spacial score (nSPS) is 11.6. The minimum Gasteiger partial charge on any atom is -0.508 e. The molecule has 0 unspecified atom stereocenters. The molecule has 4 N–H and O–H groups in total. The van der Waals surface area contributed by atoms with Crippen molar-refractivity contribution >= 4 is 0 Å². The third-order valence-corrected chi connectivity index (χ3v) is 7.67. The highest BCUT2D eigenvalue weighted by atomic mass is 16.3. The van der Waals surface area contributed by atoms with E-state index in [0.717, 1.165) is 44.5 Å². The van der Waals surface area contributed by atoms with Gasteiger partial charge in [0.1, 0.15) is 23.0 Å². The zero-order valence-corrected chi connectivity index (χ0v) is 23.7. The van der Waals surface area contributed by atoms with E-state index in [9.17, 15) is 20.4 Å². The number of phenolic OH excluding ortho intramolecular Hbond substituents is 4. The SMILES string of the molecule is Cc1cc(C(C)(C)c2ccc(O)c(C)c2)ccc1O.Cc1cc(C(C)(C)c2ccc(O)c(C)c2)ccc1O. The van der Waals surface area contributed by atoms with Gasteiger partial charge in [0.05, 0.1) is 0 Å². The molecule has 0 atom stereocenters. The van der Waals surface area contributed by atoms with Crippen molar-refractivity contribution < 1.29 is 20.4 Å². The molecule has 0 aromatic heterocycles. The van der Waals surface area contributed by atoms with Gasteiger partial charge in [0.25, 0.3) is 0 Å². The monoisotopic (exact) mass is 512 g/mol. The maximum Gasteiger partial charge on any atom is 0.118 e. The molecule has 0 heterocycles. The molecule has 38 heavy (non-hydrogen) atoms. The first kappa shape index (κ1) is 28.6. The third-order valence-electron chi connectivity index (χ3n) is 7.67. The number of hydrogen-bond acceptors (Lipinski definition) is 4. The van der Waals surface area contributed by atoms with E-state index in [1.54, 1.807) is 24.3 Å². The van der Waals surface area contributed by atoms with Gasteiger partial charge in [-0.2, -0.15) is 0 Å². The van der Waals surface area contributed by atoms with E-state index in [2.05, 4.69) is 27.7 Å². The van der Waals surface area contributed by atoms with Crippen LogP contribution in [0, 0.1) is 27.7 Å². The van der Waals surface area contributed by atoms with E-state index < -0.39 is 0 Å². The minimum absolute atomic E-state index is 0.170. The largest absolute Gasteiger partial charge is 0.508 e. The molecule has 4 rings (SSSR count). The number of hydrogen-bond donors (Lipinski definition) is 4. The molecule has 0 spiro atoms. The van der Waals surface area contributed by atoms with Gasteiger partial charge in [0, 0.05) is 10.8 Å². The summed E-state index contributed by atoms with van der Waals surface area (Å²) in [6.07, 6.45) is 0. The Morgan fingerprint density at radius 2 is 0.553 bits per heavy atom. The van der Waals surface area contributed by atoms with Crippen LogP contribution in [0.3, 0.4) is 0 Å². The number of phenols is 4. The fourth-order valence-corrected chi connectivity index (χ4v) is 4.51. The van der Waals surface area contributed by atoms with Gasteiger partial charge < -0.3 is 20.4 Å². The first-order valence-corrected chi connectivity index (χ1v) is 12.8. The summed E-state index contributed by atoms with van der Waals surface area (Å²) in [5, 5.41) is 38.5. The third kappa shape index (κ3) is 5.96. The molecular formula is C34H40O4. The molecule has 0 amide bonds. The van der Waals surface area contributed by atoms with Gasteiger partial charge in [-0.1, -0.05) is 76.2 Å². The Morgan fingerprint density at radius 1 is 0.368 bits per heavy atom. The van der Waals surface area contributed by atoms with Gasteiger partial charge in [-0.25, -0.2) is 0 Å². The second-order valence-corrected chi connectivity index (χ2v) is 11.3. The summed E-state index contributed by atoms with van der Waals surface area (Å²) < 4.78 is 0. The Kier molecular flexibility index (Phi) is 8.16. The fourth-order valence-electron chi connectivity index (χ4n) is 4.51. The highest BCUT2D eigenvalue weighted by Crippen LogP contribution is 2.36. The van der Waals surface area contributed by atoms with Gasteiger partial charge in [-0.15, -0.1) is 0 Å². The van der Waals surface area contributed by atoms with Crippen molar-refractivity contribution in [2.24, 2.45) is 0 Å². The molecule has 4 aromatic rings. The van der Waals surface area contributed by atoms with Gasteiger partial charge in [-0.3, -0.25) is 0 Å². The van der Waals surface area contributed by atoms with Crippen molar-refractivity contribution in [3.63, 3.8) is 0 Å². The highest BCUT2D eigenvalue weighted by Gasteiger charge is 2.25. The van der Waals surface area contributed by atoms with Crippen molar-refractivity contribution in [2.45, 2.75) is 66.2 Å². The lowest BCUT2D eigenvalue weighted by Crippen LogP contribution is -2.19. The Balaban J connectivity index is 0.000000211. The lowest BCUT2D eigenvalue weighted by atomic mass is 9.77. The van der Waals surface area contributed by atoms with Gasteiger partial charge in [-0.05, 0) is 96.5 Å². The maximum atomic E-state index is 9.63. The van der Waals surface area contributed by atoms with Crippen LogP contribution in [0.1, 0.15) is 72.2 Å². The molecule has 0 fully saturated rings. The molecule has 0 bridgehead atoms. The number of rotatable bonds is 4. The van der Waals surface area contributed by atoms with Crippen molar-refractivity contribution in [1.82, 2.24) is 0 Å². The van der Waals surface area contributed by atoms with Gasteiger partial charge in [0.2, 0.25) is 0 Å². The number of aromatic hydroxyl groups is 4. The van der Waals surface area contributed by atoms with Crippen LogP contribution >= 0.6 is 0 Å². The predicted molar refractivity (Wildman–Crippen MR) is 156 cm³/mol. The van der Waals surface area contributed by atoms with Crippen LogP contribution in [-0.2, 0) is 10.8 Å². The summed E-state index contributed by atoms with van der Waals surface area (Å²) in [5.74, 6) is 1.28. The molecule has 4 heteroatoms. The van der Waals surface area contributed by atoms with Gasteiger partial charge in [0.15, 0.2) is 0 Å². The zero-order valence-electron chi connectivity index (χ0n) is 23.7. The van der Waals surface area contributed by atoms with Gasteiger partial charge >= 0.3 is 0 Å². The van der Waals surface area contributed by atoms with Crippen LogP contribution in [0.15, 0.2) is 72.8 Å². The molecule has 0 saturated heterocycles. The average molecular weight is 513 g/mol. The number of aryl methyl sites for hydroxylation is 4. The fraction of sp³-hybridized carbons (Fsp3) is 0.294. The van der Waals surface area contributed by atoms with E-state index in [0.29, 0.717) is 23.0 Å². The molecule has 4 aromatic carbocycles. The van der Waals surface area contributed by atoms with Crippen LogP contribution in [0.5, 0.6) is 23.0 Å². The van der Waals surface area contributed by atoms with Crippen molar-refractivity contribution in [2.75, 3.05) is 0 Å². The van der Waals surface area contributed by atoms with Crippen LogP contribution in [-0.4, -0.2) is 20.4 Å². The summed E-state index contributed by atoms with van der Waals surface area (Å²) in [4.78, 5) is 0. The maximum absolute atomic E-state index is 9.63. The summed E-state index contributed by atoms with van der Waals surface area (Å²) in [5.41, 5.74) is 7.75. The Hall–Kier alpha value is -3.92. The lowest BCUT2D eigenvalue weighted by Gasteiger charge is -2.27. The minimum atomic E-state index is -0.170. The van der Waals surface area contributed by atoms with Crippen LogP contribution in [0.4, 0.5) is 0 Å². The molecule has 0 aliphatic heterocycles. The molecule has 0 aliphatic rings. The summed E-state index contributed by atoms with van der Waals surface area (Å²) >= 11 is 0. The standard InChI is InChI=1S/2C17H20O2/c2*1-11-9-13(5-7-15(11)18)17(3,4)14-6-8-16(19)12(2)10-14/h2*5-10,18-19H,1-4H3. The van der Waals surface area contributed by atoms with E-state index in [1.807, 2.05) is 76.2 Å². The average Bonchev–Trinajstić information content (AvgIpc) is 2.86. The second kappa shape index (κ2) is 10.8. The summed E-state index contributed by atoms with van der Waals surface area (Å²) in [7, 11) is 0. The Bertz CT molecular complexity index is 1230. The molecule has 4 nitrogen and oxygen atoms in total. The smallest absolute Gasteiger partial charge is 0.118 e. The van der Waals surface area contributed by atoms with Crippen LogP contribution < -0.4 is 0 Å². The van der Waals surface area contributed by atoms with Crippen molar-refractivity contribution in [3.05, 3.63) is 117 Å². The molecule has 0 radical (unpaired) electrons. The summed E-state index contributed by atoms with van der Waals surface area (Å²) in [6, 6.07) is 22.8. The summed E-state index contributed by atoms with van der Waals surface area (Å²) in [6.45, 7) is 16.2. The Morgan fingerprint density at radius 3 is 0.711 bits per heavy atom. The topological polar surface area (TPSA) is 80.9 Å².